The number of carbonyl (C=O) groups is 2. The lowest BCUT2D eigenvalue weighted by Gasteiger charge is -2.28. The maximum atomic E-state index is 12.5. The van der Waals surface area contributed by atoms with Crippen LogP contribution in [0.2, 0.25) is 0 Å². The molecular weight excluding hydrogens is 290 g/mol. The summed E-state index contributed by atoms with van der Waals surface area (Å²) in [6.45, 7) is 4.09. The molecule has 2 N–H and O–H groups in total. The van der Waals surface area contributed by atoms with E-state index in [4.69, 9.17) is 5.11 Å². The Kier molecular flexibility index (Phi) is 6.20. The largest absolute Gasteiger partial charge is 0.478 e. The molecule has 1 aliphatic rings. The zero-order valence-corrected chi connectivity index (χ0v) is 14.1. The van der Waals surface area contributed by atoms with Gasteiger partial charge in [-0.3, -0.25) is 4.79 Å². The van der Waals surface area contributed by atoms with Crippen LogP contribution in [0.4, 0.5) is 5.69 Å². The van der Waals surface area contributed by atoms with Gasteiger partial charge in [0.15, 0.2) is 0 Å². The number of aromatic carboxylic acids is 1. The summed E-state index contributed by atoms with van der Waals surface area (Å²) in [6, 6.07) is 4.84. The Balaban J connectivity index is 1.93. The summed E-state index contributed by atoms with van der Waals surface area (Å²) in [5.74, 6) is -0.113. The van der Waals surface area contributed by atoms with Gasteiger partial charge in [-0.05, 0) is 56.2 Å². The molecule has 0 saturated heterocycles. The number of aryl methyl sites for hydroxylation is 1. The van der Waals surface area contributed by atoms with Crippen LogP contribution in [-0.4, -0.2) is 17.0 Å². The Morgan fingerprint density at radius 1 is 1.22 bits per heavy atom. The first-order chi connectivity index (χ1) is 11.0. The van der Waals surface area contributed by atoms with Gasteiger partial charge in [0, 0.05) is 11.6 Å². The molecule has 1 aromatic rings. The molecular formula is C19H27NO3. The van der Waals surface area contributed by atoms with Crippen LogP contribution in [0, 0.1) is 18.8 Å². The summed E-state index contributed by atoms with van der Waals surface area (Å²) in [5, 5.41) is 12.0. The van der Waals surface area contributed by atoms with Gasteiger partial charge < -0.3 is 10.4 Å². The molecule has 0 spiro atoms. The third-order valence-corrected chi connectivity index (χ3v) is 4.93. The number of carbonyl (C=O) groups excluding carboxylic acids is 1. The lowest BCUT2D eigenvalue weighted by Crippen LogP contribution is -2.27. The van der Waals surface area contributed by atoms with Crippen LogP contribution in [-0.2, 0) is 4.79 Å². The average molecular weight is 317 g/mol. The highest BCUT2D eigenvalue weighted by Gasteiger charge is 2.26. The molecule has 1 aromatic carbocycles. The molecule has 0 heterocycles. The highest BCUT2D eigenvalue weighted by molar-refractivity contribution is 5.95. The molecule has 126 valence electrons. The average Bonchev–Trinajstić information content (AvgIpc) is 2.55. The molecule has 0 aromatic heterocycles. The fraction of sp³-hybridized carbons (Fsp3) is 0.579. The Bertz CT molecular complexity index is 560. The minimum atomic E-state index is -0.975. The van der Waals surface area contributed by atoms with E-state index in [1.54, 1.807) is 18.2 Å². The normalized spacial score (nSPS) is 21.0. The van der Waals surface area contributed by atoms with Crippen molar-refractivity contribution < 1.29 is 14.7 Å². The monoisotopic (exact) mass is 317 g/mol. The summed E-state index contributed by atoms with van der Waals surface area (Å²) >= 11 is 0. The number of benzene rings is 1. The van der Waals surface area contributed by atoms with E-state index in [0.29, 0.717) is 5.69 Å². The van der Waals surface area contributed by atoms with E-state index in [9.17, 15) is 9.59 Å². The minimum Gasteiger partial charge on any atom is -0.478 e. The van der Waals surface area contributed by atoms with Crippen molar-refractivity contribution in [3.05, 3.63) is 29.3 Å². The van der Waals surface area contributed by atoms with E-state index in [-0.39, 0.29) is 17.4 Å². The molecule has 4 heteroatoms. The van der Waals surface area contributed by atoms with Gasteiger partial charge in [0.1, 0.15) is 0 Å². The standard InChI is InChI=1S/C19H27NO3/c1-3-4-5-14-7-10-15(11-8-14)18(21)20-17-12-16(19(22)23)9-6-13(17)2/h6,9,12,14-15H,3-5,7-8,10-11H2,1-2H3,(H,20,21)(H,22,23). The molecule has 0 bridgehead atoms. The van der Waals surface area contributed by atoms with E-state index < -0.39 is 5.97 Å². The fourth-order valence-electron chi connectivity index (χ4n) is 3.33. The Labute approximate surface area is 138 Å². The molecule has 1 saturated carbocycles. The smallest absolute Gasteiger partial charge is 0.335 e. The van der Waals surface area contributed by atoms with Gasteiger partial charge in [-0.15, -0.1) is 0 Å². The first kappa shape index (κ1) is 17.5. The van der Waals surface area contributed by atoms with Crippen molar-refractivity contribution in [3.63, 3.8) is 0 Å². The van der Waals surface area contributed by atoms with Crippen LogP contribution in [0.5, 0.6) is 0 Å². The van der Waals surface area contributed by atoms with Crippen LogP contribution >= 0.6 is 0 Å². The number of carboxylic acid groups (broad SMARTS) is 1. The topological polar surface area (TPSA) is 66.4 Å². The van der Waals surface area contributed by atoms with Crippen LogP contribution < -0.4 is 5.32 Å². The number of anilines is 1. The van der Waals surface area contributed by atoms with Crippen molar-refractivity contribution in [2.24, 2.45) is 11.8 Å². The van der Waals surface area contributed by atoms with Gasteiger partial charge >= 0.3 is 5.97 Å². The van der Waals surface area contributed by atoms with E-state index in [0.717, 1.165) is 37.2 Å². The van der Waals surface area contributed by atoms with Crippen molar-refractivity contribution in [1.29, 1.82) is 0 Å². The lowest BCUT2D eigenvalue weighted by atomic mass is 9.79. The maximum Gasteiger partial charge on any atom is 0.335 e. The number of nitrogens with one attached hydrogen (secondary N) is 1. The van der Waals surface area contributed by atoms with Crippen LogP contribution in [0.1, 0.15) is 67.8 Å². The van der Waals surface area contributed by atoms with Gasteiger partial charge in [-0.1, -0.05) is 32.3 Å². The third-order valence-electron chi connectivity index (χ3n) is 4.93. The van der Waals surface area contributed by atoms with Crippen LogP contribution in [0.3, 0.4) is 0 Å². The Morgan fingerprint density at radius 3 is 2.52 bits per heavy atom. The molecule has 0 radical (unpaired) electrons. The van der Waals surface area contributed by atoms with Gasteiger partial charge in [0.2, 0.25) is 5.91 Å². The van der Waals surface area contributed by atoms with Crippen molar-refractivity contribution >= 4 is 17.6 Å². The summed E-state index contributed by atoms with van der Waals surface area (Å²) in [6.07, 6.45) is 7.95. The maximum absolute atomic E-state index is 12.5. The molecule has 4 nitrogen and oxygen atoms in total. The first-order valence-electron chi connectivity index (χ1n) is 8.66. The van der Waals surface area contributed by atoms with E-state index in [1.807, 2.05) is 6.92 Å². The van der Waals surface area contributed by atoms with Gasteiger partial charge in [-0.2, -0.15) is 0 Å². The van der Waals surface area contributed by atoms with Gasteiger partial charge in [-0.25, -0.2) is 4.79 Å². The molecule has 1 fully saturated rings. The highest BCUT2D eigenvalue weighted by Crippen LogP contribution is 2.32. The van der Waals surface area contributed by atoms with E-state index in [2.05, 4.69) is 12.2 Å². The molecule has 1 amide bonds. The fourth-order valence-corrected chi connectivity index (χ4v) is 3.33. The van der Waals surface area contributed by atoms with Crippen LogP contribution in [0.15, 0.2) is 18.2 Å². The van der Waals surface area contributed by atoms with Crippen molar-refractivity contribution in [1.82, 2.24) is 0 Å². The summed E-state index contributed by atoms with van der Waals surface area (Å²) < 4.78 is 0. The molecule has 2 rings (SSSR count). The minimum absolute atomic E-state index is 0.0320. The molecule has 0 aliphatic heterocycles. The second-order valence-corrected chi connectivity index (χ2v) is 6.68. The second kappa shape index (κ2) is 8.14. The molecule has 0 atom stereocenters. The number of hydrogen-bond acceptors (Lipinski definition) is 2. The quantitative estimate of drug-likeness (QED) is 0.804. The number of unbranched alkanes of at least 4 members (excludes halogenated alkanes) is 1. The van der Waals surface area contributed by atoms with Gasteiger partial charge in [0.25, 0.3) is 0 Å². The predicted molar refractivity (Wildman–Crippen MR) is 91.7 cm³/mol. The van der Waals surface area contributed by atoms with E-state index in [1.165, 1.54) is 19.3 Å². The molecule has 0 unspecified atom stereocenters. The predicted octanol–water partition coefficient (Wildman–Crippen LogP) is 4.63. The number of carboxylic acids is 1. The summed E-state index contributed by atoms with van der Waals surface area (Å²) in [5.41, 5.74) is 1.71. The van der Waals surface area contributed by atoms with Gasteiger partial charge in [0.05, 0.1) is 5.56 Å². The number of amides is 1. The van der Waals surface area contributed by atoms with E-state index >= 15 is 0 Å². The van der Waals surface area contributed by atoms with Crippen LogP contribution in [0.25, 0.3) is 0 Å². The summed E-state index contributed by atoms with van der Waals surface area (Å²) in [7, 11) is 0. The zero-order valence-electron chi connectivity index (χ0n) is 14.1. The number of hydrogen-bond donors (Lipinski definition) is 2. The second-order valence-electron chi connectivity index (χ2n) is 6.68. The van der Waals surface area contributed by atoms with Crippen molar-refractivity contribution in [2.75, 3.05) is 5.32 Å². The van der Waals surface area contributed by atoms with Crippen molar-refractivity contribution in [3.8, 4) is 0 Å². The molecule has 1 aliphatic carbocycles. The highest BCUT2D eigenvalue weighted by atomic mass is 16.4. The Morgan fingerprint density at radius 2 is 1.91 bits per heavy atom. The molecule has 23 heavy (non-hydrogen) atoms. The first-order valence-corrected chi connectivity index (χ1v) is 8.66. The van der Waals surface area contributed by atoms with Crippen molar-refractivity contribution in [2.45, 2.75) is 58.8 Å². The SMILES string of the molecule is CCCCC1CCC(C(=O)Nc2cc(C(=O)O)ccc2C)CC1. The third kappa shape index (κ3) is 4.81. The number of rotatable bonds is 6. The zero-order chi connectivity index (χ0) is 16.8. The summed E-state index contributed by atoms with van der Waals surface area (Å²) in [4.78, 5) is 23.5. The lowest BCUT2D eigenvalue weighted by molar-refractivity contribution is -0.121. The Hall–Kier alpha value is -1.84.